The number of carbonyl (C=O) groups is 3. The molecule has 0 aliphatic rings. The first kappa shape index (κ1) is 12.8. The van der Waals surface area contributed by atoms with E-state index in [1.54, 1.807) is 0 Å². The van der Waals surface area contributed by atoms with Gasteiger partial charge in [0.15, 0.2) is 7.28 Å². The Balaban J connectivity index is 3.63. The Morgan fingerprint density at radius 2 is 1.35 bits per heavy atom. The molecule has 0 fully saturated rings. The van der Waals surface area contributed by atoms with Crippen LogP contribution in [0.4, 0.5) is 0 Å². The molecule has 7 heteroatoms. The van der Waals surface area contributed by atoms with Crippen LogP contribution in [0.1, 0.15) is 31.1 Å². The Hall–Kier alpha value is -2.31. The van der Waals surface area contributed by atoms with Gasteiger partial charge in [0.25, 0.3) is 0 Å². The van der Waals surface area contributed by atoms with E-state index in [4.69, 9.17) is 15.3 Å². The zero-order chi connectivity index (χ0) is 13.2. The van der Waals surface area contributed by atoms with Crippen molar-refractivity contribution in [3.8, 4) is 0 Å². The molecule has 0 aromatic heterocycles. The van der Waals surface area contributed by atoms with Gasteiger partial charge in [-0.05, 0) is 12.1 Å². The highest BCUT2D eigenvalue weighted by Crippen LogP contribution is 2.09. The van der Waals surface area contributed by atoms with Gasteiger partial charge in [0.2, 0.25) is 0 Å². The summed E-state index contributed by atoms with van der Waals surface area (Å²) >= 11 is 0. The number of carboxylic acids is 3. The second kappa shape index (κ2) is 4.69. The van der Waals surface area contributed by atoms with Crippen molar-refractivity contribution >= 4 is 30.7 Å². The molecule has 0 aliphatic carbocycles. The van der Waals surface area contributed by atoms with E-state index in [0.29, 0.717) is 0 Å². The van der Waals surface area contributed by atoms with Crippen molar-refractivity contribution in [2.24, 2.45) is 0 Å². The monoisotopic (exact) mass is 235 g/mol. The van der Waals surface area contributed by atoms with E-state index >= 15 is 0 Å². The minimum atomic E-state index is -1.38. The summed E-state index contributed by atoms with van der Waals surface area (Å²) < 4.78 is 0. The SMILES string of the molecule is C[B]c1c(C(=O)O)cc(C(=O)O)cc1C(=O)O. The molecule has 0 spiro atoms. The van der Waals surface area contributed by atoms with Crippen molar-refractivity contribution < 1.29 is 29.7 Å². The Morgan fingerprint density at radius 1 is 0.941 bits per heavy atom. The largest absolute Gasteiger partial charge is 0.478 e. The molecule has 1 aromatic carbocycles. The van der Waals surface area contributed by atoms with Gasteiger partial charge < -0.3 is 15.3 Å². The molecule has 0 amide bonds. The van der Waals surface area contributed by atoms with Crippen molar-refractivity contribution in [3.05, 3.63) is 28.8 Å². The van der Waals surface area contributed by atoms with Crippen LogP contribution in [-0.2, 0) is 0 Å². The lowest BCUT2D eigenvalue weighted by Gasteiger charge is -2.09. The van der Waals surface area contributed by atoms with Crippen molar-refractivity contribution in [3.63, 3.8) is 0 Å². The molecule has 0 unspecified atom stereocenters. The van der Waals surface area contributed by atoms with E-state index in [1.807, 2.05) is 0 Å². The highest BCUT2D eigenvalue weighted by molar-refractivity contribution is 6.56. The first-order chi connectivity index (χ1) is 7.88. The third-order valence-corrected chi connectivity index (χ3v) is 2.18. The smallest absolute Gasteiger partial charge is 0.335 e. The summed E-state index contributed by atoms with van der Waals surface area (Å²) in [6.45, 7) is 1.48. The summed E-state index contributed by atoms with van der Waals surface area (Å²) in [6.07, 6.45) is 0. The van der Waals surface area contributed by atoms with E-state index < -0.39 is 17.9 Å². The minimum absolute atomic E-state index is 0.00463. The maximum Gasteiger partial charge on any atom is 0.335 e. The van der Waals surface area contributed by atoms with Crippen molar-refractivity contribution in [1.29, 1.82) is 0 Å². The maximum absolute atomic E-state index is 10.9. The normalized spacial score (nSPS) is 9.71. The fourth-order valence-corrected chi connectivity index (χ4v) is 1.44. The number of rotatable bonds is 4. The molecule has 0 saturated carbocycles. The predicted molar refractivity (Wildman–Crippen MR) is 58.6 cm³/mol. The van der Waals surface area contributed by atoms with Gasteiger partial charge in [-0.1, -0.05) is 12.3 Å². The molecule has 1 rings (SSSR count). The van der Waals surface area contributed by atoms with Crippen LogP contribution in [-0.4, -0.2) is 40.5 Å². The van der Waals surface area contributed by atoms with Gasteiger partial charge in [0.1, 0.15) is 0 Å². The highest BCUT2D eigenvalue weighted by atomic mass is 16.4. The van der Waals surface area contributed by atoms with Crippen LogP contribution in [0.25, 0.3) is 0 Å². The van der Waals surface area contributed by atoms with Crippen molar-refractivity contribution in [2.75, 3.05) is 0 Å². The zero-order valence-corrected chi connectivity index (χ0v) is 8.80. The van der Waals surface area contributed by atoms with Gasteiger partial charge in [-0.2, -0.15) is 0 Å². The summed E-state index contributed by atoms with van der Waals surface area (Å²) in [4.78, 5) is 32.6. The molecule has 0 bridgehead atoms. The second-order valence-corrected chi connectivity index (χ2v) is 3.19. The molecule has 1 radical (unpaired) electrons. The lowest BCUT2D eigenvalue weighted by atomic mass is 9.68. The zero-order valence-electron chi connectivity index (χ0n) is 8.80. The van der Waals surface area contributed by atoms with E-state index in [9.17, 15) is 14.4 Å². The molecule has 17 heavy (non-hydrogen) atoms. The Morgan fingerprint density at radius 3 is 1.59 bits per heavy atom. The first-order valence-corrected chi connectivity index (χ1v) is 4.55. The molecule has 87 valence electrons. The standard InChI is InChI=1S/C10H8BO6/c1-11-7-5(9(14)15)2-4(8(12)13)3-6(7)10(16)17/h2-3H,1H3,(H,12,13)(H,14,15)(H,16,17). The number of aromatic carboxylic acids is 3. The van der Waals surface area contributed by atoms with Gasteiger partial charge in [-0.3, -0.25) is 0 Å². The van der Waals surface area contributed by atoms with E-state index in [-0.39, 0.29) is 22.2 Å². The van der Waals surface area contributed by atoms with Crippen LogP contribution in [0.2, 0.25) is 6.82 Å². The number of hydrogen-bond donors (Lipinski definition) is 3. The predicted octanol–water partition coefficient (Wildman–Crippen LogP) is 0.159. The van der Waals surface area contributed by atoms with E-state index in [1.165, 1.54) is 14.1 Å². The third-order valence-electron chi connectivity index (χ3n) is 2.18. The van der Waals surface area contributed by atoms with Crippen LogP contribution in [0, 0.1) is 0 Å². The average molecular weight is 235 g/mol. The van der Waals surface area contributed by atoms with E-state index in [2.05, 4.69) is 0 Å². The summed E-state index contributed by atoms with van der Waals surface area (Å²) in [5.74, 6) is -4.12. The Bertz CT molecular complexity index is 473. The molecule has 0 saturated heterocycles. The van der Waals surface area contributed by atoms with Crippen molar-refractivity contribution in [1.82, 2.24) is 0 Å². The average Bonchev–Trinajstić information content (AvgIpc) is 2.26. The van der Waals surface area contributed by atoms with Crippen molar-refractivity contribution in [2.45, 2.75) is 6.82 Å². The van der Waals surface area contributed by atoms with Gasteiger partial charge in [0, 0.05) is 0 Å². The topological polar surface area (TPSA) is 112 Å². The van der Waals surface area contributed by atoms with Gasteiger partial charge >= 0.3 is 17.9 Å². The number of benzene rings is 1. The number of carboxylic acid groups (broad SMARTS) is 3. The molecule has 6 nitrogen and oxygen atoms in total. The molecular weight excluding hydrogens is 227 g/mol. The summed E-state index contributed by atoms with van der Waals surface area (Å²) in [5, 5.41) is 26.6. The first-order valence-electron chi connectivity index (χ1n) is 4.55. The van der Waals surface area contributed by atoms with Gasteiger partial charge in [-0.25, -0.2) is 14.4 Å². The fraction of sp³-hybridized carbons (Fsp3) is 0.100. The fourth-order valence-electron chi connectivity index (χ4n) is 1.44. The van der Waals surface area contributed by atoms with E-state index in [0.717, 1.165) is 12.1 Å². The quantitative estimate of drug-likeness (QED) is 0.640. The second-order valence-electron chi connectivity index (χ2n) is 3.19. The molecular formula is C10H8BO6. The lowest BCUT2D eigenvalue weighted by molar-refractivity contribution is 0.0696. The Labute approximate surface area is 96.7 Å². The molecule has 0 heterocycles. The molecule has 0 aliphatic heterocycles. The van der Waals surface area contributed by atoms with Crippen LogP contribution in [0.3, 0.4) is 0 Å². The summed E-state index contributed by atoms with van der Waals surface area (Å²) in [6, 6.07) is 1.87. The van der Waals surface area contributed by atoms with Gasteiger partial charge in [-0.15, -0.1) is 0 Å². The van der Waals surface area contributed by atoms with Crippen LogP contribution in [0.15, 0.2) is 12.1 Å². The highest BCUT2D eigenvalue weighted by Gasteiger charge is 2.20. The molecule has 3 N–H and O–H groups in total. The Kier molecular flexibility index (Phi) is 3.52. The molecule has 0 atom stereocenters. The summed E-state index contributed by atoms with van der Waals surface area (Å²) in [7, 11) is 1.32. The summed E-state index contributed by atoms with van der Waals surface area (Å²) in [5.41, 5.74) is -1.06. The minimum Gasteiger partial charge on any atom is -0.478 e. The molecule has 1 aromatic rings. The lowest BCUT2D eigenvalue weighted by Crippen LogP contribution is -2.28. The van der Waals surface area contributed by atoms with Crippen LogP contribution >= 0.6 is 0 Å². The maximum atomic E-state index is 10.9. The number of hydrogen-bond acceptors (Lipinski definition) is 3. The van der Waals surface area contributed by atoms with Crippen LogP contribution in [0.5, 0.6) is 0 Å². The van der Waals surface area contributed by atoms with Crippen LogP contribution < -0.4 is 5.46 Å². The van der Waals surface area contributed by atoms with Gasteiger partial charge in [0.05, 0.1) is 16.7 Å². The third kappa shape index (κ3) is 2.44.